The van der Waals surface area contributed by atoms with Crippen molar-refractivity contribution in [3.05, 3.63) is 121 Å². The third-order valence-corrected chi connectivity index (χ3v) is 6.63. The molecular weight excluding hydrogens is 536 g/mol. The van der Waals surface area contributed by atoms with Crippen molar-refractivity contribution >= 4 is 32.5 Å². The van der Waals surface area contributed by atoms with Gasteiger partial charge in [-0.1, -0.05) is 34.1 Å². The Kier molecular flexibility index (Phi) is 6.78. The lowest BCUT2D eigenvalue weighted by Gasteiger charge is -2.14. The molecule has 0 amide bonds. The minimum atomic E-state index is -0.749. The summed E-state index contributed by atoms with van der Waals surface area (Å²) >= 11 is 3.37. The molecule has 0 spiro atoms. The zero-order valence-corrected chi connectivity index (χ0v) is 21.5. The van der Waals surface area contributed by atoms with Crippen molar-refractivity contribution in [3.8, 4) is 17.3 Å². The first-order chi connectivity index (χ1) is 18.0. The van der Waals surface area contributed by atoms with Crippen LogP contribution in [0, 0.1) is 0 Å². The van der Waals surface area contributed by atoms with Gasteiger partial charge >= 0.3 is 5.69 Å². The number of benzene rings is 3. The number of ether oxygens (including phenoxy) is 1. The summed E-state index contributed by atoms with van der Waals surface area (Å²) in [6, 6.07) is 21.8. The predicted molar refractivity (Wildman–Crippen MR) is 148 cm³/mol. The summed E-state index contributed by atoms with van der Waals surface area (Å²) in [7, 11) is 1.57. The number of aromatic nitrogens is 3. The molecule has 5 rings (SSSR count). The number of H-pyrrole nitrogens is 2. The second kappa shape index (κ2) is 10.3. The molecule has 0 aliphatic carbocycles. The Balaban J connectivity index is 1.62. The molecule has 0 aliphatic rings. The first kappa shape index (κ1) is 24.3. The van der Waals surface area contributed by atoms with Crippen LogP contribution in [0.25, 0.3) is 16.6 Å². The number of halogens is 1. The molecule has 0 aliphatic heterocycles. The van der Waals surface area contributed by atoms with Crippen LogP contribution in [0.1, 0.15) is 16.7 Å². The number of fused-ring (bicyclic) bond motifs is 1. The quantitative estimate of drug-likeness (QED) is 0.254. The molecule has 9 heteroatoms. The monoisotopic (exact) mass is 558 g/mol. The van der Waals surface area contributed by atoms with E-state index in [2.05, 4.69) is 25.9 Å². The number of nitrogens with one attached hydrogen (secondary N) is 2. The van der Waals surface area contributed by atoms with Crippen LogP contribution >= 0.6 is 15.9 Å². The van der Waals surface area contributed by atoms with Crippen molar-refractivity contribution in [3.63, 3.8) is 0 Å². The summed E-state index contributed by atoms with van der Waals surface area (Å²) in [5, 5.41) is 12.4. The number of para-hydroxylation sites is 1. The van der Waals surface area contributed by atoms with Crippen LogP contribution < -0.4 is 16.0 Å². The summed E-state index contributed by atoms with van der Waals surface area (Å²) in [5.74, 6) is 0.151. The molecule has 0 saturated heterocycles. The van der Waals surface area contributed by atoms with Gasteiger partial charge in [-0.25, -0.2) is 9.36 Å². The average Bonchev–Trinajstić information content (AvgIpc) is 3.32. The van der Waals surface area contributed by atoms with Gasteiger partial charge in [-0.2, -0.15) is 0 Å². The molecule has 2 aromatic heterocycles. The summed E-state index contributed by atoms with van der Waals surface area (Å²) in [5.41, 5.74) is 1.83. The van der Waals surface area contributed by atoms with Crippen LogP contribution in [-0.2, 0) is 6.42 Å². The minimum absolute atomic E-state index is 0.0911. The molecule has 3 aromatic carbocycles. The lowest BCUT2D eigenvalue weighted by atomic mass is 10.0. The van der Waals surface area contributed by atoms with E-state index in [0.29, 0.717) is 30.0 Å². The maximum atomic E-state index is 13.1. The molecule has 8 nitrogen and oxygen atoms in total. The van der Waals surface area contributed by atoms with Crippen LogP contribution in [0.3, 0.4) is 0 Å². The Labute approximate surface area is 220 Å². The number of nitrogens with zero attached hydrogens (tertiary/aromatic N) is 2. The highest BCUT2D eigenvalue weighted by atomic mass is 79.9. The number of aromatic amines is 2. The first-order valence-corrected chi connectivity index (χ1v) is 12.3. The summed E-state index contributed by atoms with van der Waals surface area (Å²) < 4.78 is 7.13. The molecule has 0 saturated carbocycles. The van der Waals surface area contributed by atoms with Crippen LogP contribution in [0.15, 0.2) is 98.0 Å². The van der Waals surface area contributed by atoms with E-state index in [1.807, 2.05) is 30.5 Å². The highest BCUT2D eigenvalue weighted by Crippen LogP contribution is 2.23. The normalized spacial score (nSPS) is 11.7. The fourth-order valence-corrected chi connectivity index (χ4v) is 4.52. The van der Waals surface area contributed by atoms with E-state index in [9.17, 15) is 14.7 Å². The maximum Gasteiger partial charge on any atom is 0.335 e. The van der Waals surface area contributed by atoms with Crippen molar-refractivity contribution < 1.29 is 9.84 Å². The summed E-state index contributed by atoms with van der Waals surface area (Å²) in [6.07, 6.45) is 2.56. The lowest BCUT2D eigenvalue weighted by molar-refractivity contribution is 0.415. The average molecular weight is 559 g/mol. The Bertz CT molecular complexity index is 1710. The molecule has 3 N–H and O–H groups in total. The van der Waals surface area contributed by atoms with E-state index in [-0.39, 0.29) is 11.3 Å². The molecule has 0 fully saturated rings. The number of aromatic hydroxyl groups is 1. The van der Waals surface area contributed by atoms with Gasteiger partial charge in [0.25, 0.3) is 5.56 Å². The zero-order chi connectivity index (χ0) is 25.9. The number of hydrogen-bond donors (Lipinski definition) is 3. The molecule has 186 valence electrons. The fraction of sp³-hybridized carbons (Fsp3) is 0.107. The van der Waals surface area contributed by atoms with Crippen molar-refractivity contribution in [2.75, 3.05) is 13.7 Å². The Morgan fingerprint density at radius 1 is 1.03 bits per heavy atom. The van der Waals surface area contributed by atoms with Gasteiger partial charge in [-0.05, 0) is 66.6 Å². The van der Waals surface area contributed by atoms with Crippen LogP contribution in [-0.4, -0.2) is 39.0 Å². The fourth-order valence-electron chi connectivity index (χ4n) is 4.26. The first-order valence-electron chi connectivity index (χ1n) is 11.5. The largest absolute Gasteiger partial charge is 0.497 e. The molecule has 0 unspecified atom stereocenters. The van der Waals surface area contributed by atoms with Gasteiger partial charge in [0.15, 0.2) is 0 Å². The highest BCUT2D eigenvalue weighted by molar-refractivity contribution is 9.10. The van der Waals surface area contributed by atoms with Crippen molar-refractivity contribution in [2.45, 2.75) is 6.42 Å². The Hall–Kier alpha value is -4.37. The molecule has 0 radical (unpaired) electrons. The number of methoxy groups -OCH3 is 1. The molecule has 37 heavy (non-hydrogen) atoms. The van der Waals surface area contributed by atoms with Crippen molar-refractivity contribution in [2.24, 2.45) is 4.99 Å². The Morgan fingerprint density at radius 2 is 1.76 bits per heavy atom. The maximum absolute atomic E-state index is 13.1. The zero-order valence-electron chi connectivity index (χ0n) is 19.9. The number of hydrogen-bond acceptors (Lipinski definition) is 5. The van der Waals surface area contributed by atoms with Crippen molar-refractivity contribution in [1.82, 2.24) is 14.5 Å². The summed E-state index contributed by atoms with van der Waals surface area (Å²) in [6.45, 7) is 0.347. The van der Waals surface area contributed by atoms with Crippen LogP contribution in [0.4, 0.5) is 0 Å². The topological polar surface area (TPSA) is 112 Å². The summed E-state index contributed by atoms with van der Waals surface area (Å²) in [4.78, 5) is 36.1. The third kappa shape index (κ3) is 4.85. The number of aliphatic imine (C=N–C) groups is 1. The predicted octanol–water partition coefficient (Wildman–Crippen LogP) is 4.56. The molecule has 2 heterocycles. The second-order valence-corrected chi connectivity index (χ2v) is 9.25. The standard InChI is InChI=1S/C28H23BrN4O4/c1-37-21-12-6-17(7-13-21)25(30-15-14-18-16-31-23-5-3-2-4-22(18)23)24-26(34)32-28(36)33(27(24)35)20-10-8-19(29)9-11-20/h2-13,16,31,35H,14-15H2,1H3,(H,32,34,36). The SMILES string of the molecule is COc1ccc(C(=NCCc2c[nH]c3ccccc23)c2c(O)n(-c3ccc(Br)cc3)c(=O)[nH]c2=O)cc1. The Morgan fingerprint density at radius 3 is 2.49 bits per heavy atom. The van der Waals surface area contributed by atoms with E-state index >= 15 is 0 Å². The van der Waals surface area contributed by atoms with Gasteiger partial charge in [-0.3, -0.25) is 14.8 Å². The van der Waals surface area contributed by atoms with Gasteiger partial charge in [0.2, 0.25) is 5.88 Å². The second-order valence-electron chi connectivity index (χ2n) is 8.34. The van der Waals surface area contributed by atoms with E-state index < -0.39 is 17.1 Å². The van der Waals surface area contributed by atoms with E-state index in [1.165, 1.54) is 0 Å². The lowest BCUT2D eigenvalue weighted by Crippen LogP contribution is -2.33. The van der Waals surface area contributed by atoms with Gasteiger partial charge in [-0.15, -0.1) is 0 Å². The van der Waals surface area contributed by atoms with Crippen LogP contribution in [0.5, 0.6) is 11.6 Å². The highest BCUT2D eigenvalue weighted by Gasteiger charge is 2.22. The van der Waals surface area contributed by atoms with Gasteiger partial charge in [0.05, 0.1) is 18.5 Å². The van der Waals surface area contributed by atoms with Crippen LogP contribution in [0.2, 0.25) is 0 Å². The smallest absolute Gasteiger partial charge is 0.335 e. The third-order valence-electron chi connectivity index (χ3n) is 6.10. The van der Waals surface area contributed by atoms with Gasteiger partial charge in [0.1, 0.15) is 11.3 Å². The van der Waals surface area contributed by atoms with E-state index in [0.717, 1.165) is 25.5 Å². The van der Waals surface area contributed by atoms with Gasteiger partial charge in [0, 0.05) is 33.7 Å². The molecule has 0 atom stereocenters. The molecular formula is C28H23BrN4O4. The minimum Gasteiger partial charge on any atom is -0.497 e. The van der Waals surface area contributed by atoms with E-state index in [1.54, 1.807) is 55.6 Å². The molecule has 0 bridgehead atoms. The van der Waals surface area contributed by atoms with Crippen molar-refractivity contribution in [1.29, 1.82) is 0 Å². The number of rotatable bonds is 7. The van der Waals surface area contributed by atoms with E-state index in [4.69, 9.17) is 9.73 Å². The van der Waals surface area contributed by atoms with Gasteiger partial charge < -0.3 is 14.8 Å². The molecule has 5 aromatic rings.